The number of methoxy groups -OCH3 is 1. The van der Waals surface area contributed by atoms with E-state index in [1.807, 2.05) is 6.92 Å². The van der Waals surface area contributed by atoms with Crippen LogP contribution in [-0.4, -0.2) is 67.1 Å². The molecule has 2 N–H and O–H groups in total. The molecule has 7 heteroatoms. The second-order valence-electron chi connectivity index (χ2n) is 9.08. The van der Waals surface area contributed by atoms with Crippen LogP contribution in [0, 0.1) is 5.92 Å². The number of alkyl carbamates (subject to hydrolysis) is 1. The van der Waals surface area contributed by atoms with E-state index in [4.69, 9.17) is 24.1 Å². The molecule has 0 bridgehead atoms. The molecule has 3 fully saturated rings. The second kappa shape index (κ2) is 8.92. The number of rotatable bonds is 9. The van der Waals surface area contributed by atoms with Crippen molar-refractivity contribution in [1.82, 2.24) is 5.32 Å². The molecule has 2 heterocycles. The minimum Gasteiger partial charge on any atom is -0.443 e. The summed E-state index contributed by atoms with van der Waals surface area (Å²) in [5.74, 6) is 0.0153. The normalized spacial score (nSPS) is 39.0. The van der Waals surface area contributed by atoms with Crippen molar-refractivity contribution in [3.05, 3.63) is 11.6 Å². The van der Waals surface area contributed by atoms with Crippen LogP contribution in [0.4, 0.5) is 4.79 Å². The first-order valence-corrected chi connectivity index (χ1v) is 10.9. The predicted molar refractivity (Wildman–Crippen MR) is 109 cm³/mol. The van der Waals surface area contributed by atoms with E-state index in [1.54, 1.807) is 7.11 Å². The lowest BCUT2D eigenvalue weighted by Crippen LogP contribution is -2.56. The van der Waals surface area contributed by atoms with Gasteiger partial charge in [-0.15, -0.1) is 0 Å². The highest BCUT2D eigenvalue weighted by molar-refractivity contribution is 5.67. The number of hydrogen-bond acceptors (Lipinski definition) is 6. The molecule has 29 heavy (non-hydrogen) atoms. The lowest BCUT2D eigenvalue weighted by Gasteiger charge is -2.42. The topological polar surface area (TPSA) is 92.9 Å². The highest BCUT2D eigenvalue weighted by Crippen LogP contribution is 2.59. The van der Waals surface area contributed by atoms with Crippen molar-refractivity contribution < 1.29 is 28.8 Å². The zero-order valence-corrected chi connectivity index (χ0v) is 18.4. The summed E-state index contributed by atoms with van der Waals surface area (Å²) >= 11 is 0. The molecule has 2 aliphatic heterocycles. The third kappa shape index (κ3) is 4.79. The molecule has 1 unspecified atom stereocenters. The number of aliphatic hydroxyl groups excluding tert-OH is 1. The van der Waals surface area contributed by atoms with Gasteiger partial charge < -0.3 is 29.4 Å². The van der Waals surface area contributed by atoms with E-state index < -0.39 is 6.09 Å². The van der Waals surface area contributed by atoms with Gasteiger partial charge in [0.15, 0.2) is 0 Å². The number of ether oxygens (including phenoxy) is 4. The van der Waals surface area contributed by atoms with Crippen molar-refractivity contribution in [2.24, 2.45) is 5.92 Å². The van der Waals surface area contributed by atoms with Gasteiger partial charge in [-0.1, -0.05) is 18.6 Å². The van der Waals surface area contributed by atoms with Crippen LogP contribution in [0.1, 0.15) is 59.8 Å². The van der Waals surface area contributed by atoms with Gasteiger partial charge in [0.05, 0.1) is 18.6 Å². The van der Waals surface area contributed by atoms with Crippen molar-refractivity contribution in [2.75, 3.05) is 20.3 Å². The molecule has 0 aromatic carbocycles. The number of carbonyl (C=O) groups excluding carboxylic acids is 1. The number of amides is 1. The third-order valence-electron chi connectivity index (χ3n) is 6.79. The Morgan fingerprint density at radius 3 is 2.69 bits per heavy atom. The number of epoxide rings is 2. The molecule has 7 atom stereocenters. The van der Waals surface area contributed by atoms with Crippen molar-refractivity contribution in [3.63, 3.8) is 0 Å². The van der Waals surface area contributed by atoms with Gasteiger partial charge in [0.25, 0.3) is 0 Å². The van der Waals surface area contributed by atoms with Crippen LogP contribution in [0.2, 0.25) is 0 Å². The summed E-state index contributed by atoms with van der Waals surface area (Å²) in [5.41, 5.74) is 0.706. The second-order valence-corrected chi connectivity index (χ2v) is 9.08. The Kier molecular flexibility index (Phi) is 6.93. The molecule has 3 aliphatic rings. The molecule has 0 radical (unpaired) electrons. The Balaban J connectivity index is 1.69. The van der Waals surface area contributed by atoms with Crippen LogP contribution in [0.3, 0.4) is 0 Å². The summed E-state index contributed by atoms with van der Waals surface area (Å²) in [4.78, 5) is 12.5. The van der Waals surface area contributed by atoms with Gasteiger partial charge in [0.1, 0.15) is 23.4 Å². The Morgan fingerprint density at radius 1 is 1.41 bits per heavy atom. The molecule has 1 saturated carbocycles. The Hall–Kier alpha value is -1.15. The number of hydrogen-bond donors (Lipinski definition) is 2. The lowest BCUT2D eigenvalue weighted by molar-refractivity contribution is -0.118. The van der Waals surface area contributed by atoms with E-state index in [0.717, 1.165) is 19.3 Å². The van der Waals surface area contributed by atoms with Crippen molar-refractivity contribution in [2.45, 2.75) is 95.4 Å². The third-order valence-corrected chi connectivity index (χ3v) is 6.79. The first-order chi connectivity index (χ1) is 13.8. The molecule has 2 saturated heterocycles. The van der Waals surface area contributed by atoms with E-state index in [2.05, 4.69) is 32.2 Å². The summed E-state index contributed by atoms with van der Waals surface area (Å²) in [6.07, 6.45) is 4.91. The summed E-state index contributed by atoms with van der Waals surface area (Å²) in [7, 11) is 1.67. The van der Waals surface area contributed by atoms with Gasteiger partial charge in [-0.05, 0) is 52.9 Å². The maximum atomic E-state index is 12.5. The number of carbonyl (C=O) groups is 1. The maximum Gasteiger partial charge on any atom is 0.407 e. The van der Waals surface area contributed by atoms with Crippen LogP contribution in [0.15, 0.2) is 11.6 Å². The molecule has 0 aromatic rings. The molecule has 7 nitrogen and oxygen atoms in total. The number of nitrogens with one attached hydrogen (secondary N) is 1. The Morgan fingerprint density at radius 2 is 2.14 bits per heavy atom. The minimum absolute atomic E-state index is 0.0153. The molecular weight excluding hydrogens is 374 g/mol. The lowest BCUT2D eigenvalue weighted by atomic mass is 9.68. The number of aliphatic hydroxyl groups is 1. The van der Waals surface area contributed by atoms with Crippen LogP contribution < -0.4 is 5.32 Å². The quantitative estimate of drug-likeness (QED) is 0.448. The van der Waals surface area contributed by atoms with Crippen LogP contribution >= 0.6 is 0 Å². The fourth-order valence-corrected chi connectivity index (χ4v) is 4.94. The van der Waals surface area contributed by atoms with Gasteiger partial charge in [-0.2, -0.15) is 0 Å². The monoisotopic (exact) mass is 411 g/mol. The van der Waals surface area contributed by atoms with E-state index in [1.165, 1.54) is 5.57 Å². The zero-order chi connectivity index (χ0) is 21.2. The molecule has 1 spiro atoms. The largest absolute Gasteiger partial charge is 0.443 e. The van der Waals surface area contributed by atoms with Gasteiger partial charge in [0, 0.05) is 19.8 Å². The summed E-state index contributed by atoms with van der Waals surface area (Å²) in [6.45, 7) is 9.03. The molecule has 166 valence electrons. The SMILES string of the molecule is CCC(CCO)NC(=O)O[C@@H]1CC[C@]2(CO2)[C@@H]([C@@]2(C)O[C@@H]2CC=C(C)C)[C@@H]1OC. The highest BCUT2D eigenvalue weighted by atomic mass is 16.6. The van der Waals surface area contributed by atoms with Crippen molar-refractivity contribution >= 4 is 6.09 Å². The minimum atomic E-state index is -0.452. The van der Waals surface area contributed by atoms with Gasteiger partial charge in [0.2, 0.25) is 0 Å². The molecule has 0 aromatic heterocycles. The van der Waals surface area contributed by atoms with Crippen LogP contribution in [0.5, 0.6) is 0 Å². The average Bonchev–Trinajstić information content (AvgIpc) is 3.58. The maximum absolute atomic E-state index is 12.5. The summed E-state index contributed by atoms with van der Waals surface area (Å²) < 4.78 is 23.8. The Labute approximate surface area is 174 Å². The summed E-state index contributed by atoms with van der Waals surface area (Å²) in [6, 6.07) is -0.0938. The van der Waals surface area contributed by atoms with Crippen LogP contribution in [-0.2, 0) is 18.9 Å². The standard InChI is InChI=1S/C22H37NO6/c1-6-15(10-12-24)23-20(25)28-16-9-11-22(13-27-22)19(18(16)26-5)21(4)17(29-21)8-7-14(2)3/h7,15-19,24H,6,8-13H2,1-5H3,(H,23,25)/t15?,16-,17-,18-,19-,21+,22+/m1/s1. The molecular formula is C22H37NO6. The van der Waals surface area contributed by atoms with E-state index in [0.29, 0.717) is 19.4 Å². The van der Waals surface area contributed by atoms with Gasteiger partial charge >= 0.3 is 6.09 Å². The van der Waals surface area contributed by atoms with Crippen LogP contribution in [0.25, 0.3) is 0 Å². The first-order valence-electron chi connectivity index (χ1n) is 10.9. The predicted octanol–water partition coefficient (Wildman–Crippen LogP) is 2.95. The van der Waals surface area contributed by atoms with E-state index in [-0.39, 0.29) is 48.1 Å². The smallest absolute Gasteiger partial charge is 0.407 e. The van der Waals surface area contributed by atoms with Crippen molar-refractivity contribution in [1.29, 1.82) is 0 Å². The van der Waals surface area contributed by atoms with Crippen molar-refractivity contribution in [3.8, 4) is 0 Å². The first kappa shape index (κ1) is 22.5. The molecule has 1 aliphatic carbocycles. The van der Waals surface area contributed by atoms with Gasteiger partial charge in [-0.3, -0.25) is 0 Å². The van der Waals surface area contributed by atoms with E-state index in [9.17, 15) is 4.79 Å². The fourth-order valence-electron chi connectivity index (χ4n) is 4.94. The Bertz CT molecular complexity index is 614. The molecule has 3 rings (SSSR count). The number of allylic oxidation sites excluding steroid dienone is 1. The molecule has 1 amide bonds. The summed E-state index contributed by atoms with van der Waals surface area (Å²) in [5, 5.41) is 12.0. The average molecular weight is 412 g/mol. The van der Waals surface area contributed by atoms with Gasteiger partial charge in [-0.25, -0.2) is 4.79 Å². The zero-order valence-electron chi connectivity index (χ0n) is 18.4. The van der Waals surface area contributed by atoms with E-state index >= 15 is 0 Å². The highest BCUT2D eigenvalue weighted by Gasteiger charge is 2.72. The fraction of sp³-hybridized carbons (Fsp3) is 0.864.